The predicted octanol–water partition coefficient (Wildman–Crippen LogP) is 1.69. The van der Waals surface area contributed by atoms with Crippen molar-refractivity contribution in [3.8, 4) is 0 Å². The van der Waals surface area contributed by atoms with E-state index in [9.17, 15) is 0 Å². The number of piperidine rings is 1. The number of aryl methyl sites for hydroxylation is 2. The molecule has 4 nitrogen and oxygen atoms in total. The molecule has 0 amide bonds. The molecule has 0 radical (unpaired) electrons. The average molecular weight is 250 g/mol. The zero-order valence-corrected chi connectivity index (χ0v) is 12.1. The Kier molecular flexibility index (Phi) is 4.40. The van der Waals surface area contributed by atoms with E-state index in [1.165, 1.54) is 31.5 Å². The Balaban J connectivity index is 2.07. The molecule has 2 atom stereocenters. The van der Waals surface area contributed by atoms with Gasteiger partial charge in [0.1, 0.15) is 0 Å². The van der Waals surface area contributed by atoms with Crippen LogP contribution in [0.2, 0.25) is 0 Å². The van der Waals surface area contributed by atoms with Crippen LogP contribution in [0.5, 0.6) is 0 Å². The summed E-state index contributed by atoms with van der Waals surface area (Å²) < 4.78 is 2.02. The molecule has 0 saturated carbocycles. The lowest BCUT2D eigenvalue weighted by molar-refractivity contribution is 0.111. The summed E-state index contributed by atoms with van der Waals surface area (Å²) in [4.78, 5) is 2.61. The molecule has 2 heterocycles. The smallest absolute Gasteiger partial charge is 0.0597 e. The van der Waals surface area contributed by atoms with E-state index in [-0.39, 0.29) is 0 Å². The number of hydrogen-bond donors (Lipinski definition) is 1. The molecular formula is C14H26N4. The largest absolute Gasteiger partial charge is 0.316 e. The number of rotatable bonds is 4. The SMILES string of the molecule is CNC(C)C1CCCCN1Cc1cc(C)nn1C. The summed E-state index contributed by atoms with van der Waals surface area (Å²) in [7, 11) is 4.11. The first kappa shape index (κ1) is 13.6. The third kappa shape index (κ3) is 2.93. The number of nitrogens with zero attached hydrogens (tertiary/aromatic N) is 3. The quantitative estimate of drug-likeness (QED) is 0.883. The molecule has 1 aromatic heterocycles. The number of likely N-dealkylation sites (N-methyl/N-ethyl adjacent to an activating group) is 1. The minimum atomic E-state index is 0.555. The van der Waals surface area contributed by atoms with Crippen LogP contribution in [0.4, 0.5) is 0 Å². The minimum absolute atomic E-state index is 0.555. The maximum absolute atomic E-state index is 4.44. The van der Waals surface area contributed by atoms with Gasteiger partial charge in [0.05, 0.1) is 11.4 Å². The van der Waals surface area contributed by atoms with E-state index in [2.05, 4.69) is 42.3 Å². The number of hydrogen-bond acceptors (Lipinski definition) is 3. The Morgan fingerprint density at radius 1 is 1.50 bits per heavy atom. The fourth-order valence-electron chi connectivity index (χ4n) is 2.99. The molecule has 1 fully saturated rings. The molecule has 2 rings (SSSR count). The Bertz CT molecular complexity index is 385. The van der Waals surface area contributed by atoms with Crippen molar-refractivity contribution in [1.29, 1.82) is 0 Å². The molecule has 18 heavy (non-hydrogen) atoms. The van der Waals surface area contributed by atoms with Crippen molar-refractivity contribution in [2.45, 2.75) is 51.7 Å². The number of aromatic nitrogens is 2. The molecule has 1 aliphatic heterocycles. The van der Waals surface area contributed by atoms with Crippen LogP contribution in [-0.2, 0) is 13.6 Å². The molecule has 0 spiro atoms. The van der Waals surface area contributed by atoms with Gasteiger partial charge in [0.25, 0.3) is 0 Å². The average Bonchev–Trinajstić information content (AvgIpc) is 2.67. The predicted molar refractivity (Wildman–Crippen MR) is 74.5 cm³/mol. The van der Waals surface area contributed by atoms with Crippen molar-refractivity contribution in [3.05, 3.63) is 17.5 Å². The second kappa shape index (κ2) is 5.85. The Hall–Kier alpha value is -0.870. The molecule has 1 N–H and O–H groups in total. The number of nitrogens with one attached hydrogen (secondary N) is 1. The second-order valence-electron chi connectivity index (χ2n) is 5.51. The minimum Gasteiger partial charge on any atom is -0.316 e. The molecule has 2 unspecified atom stereocenters. The fourth-order valence-corrected chi connectivity index (χ4v) is 2.99. The Morgan fingerprint density at radius 3 is 2.89 bits per heavy atom. The molecule has 4 heteroatoms. The molecule has 0 bridgehead atoms. The summed E-state index contributed by atoms with van der Waals surface area (Å²) in [6.07, 6.45) is 3.99. The topological polar surface area (TPSA) is 33.1 Å². The summed E-state index contributed by atoms with van der Waals surface area (Å²) in [6, 6.07) is 3.41. The van der Waals surface area contributed by atoms with Crippen LogP contribution in [0.3, 0.4) is 0 Å². The van der Waals surface area contributed by atoms with Crippen molar-refractivity contribution < 1.29 is 0 Å². The molecule has 0 aromatic carbocycles. The molecule has 1 aliphatic rings. The summed E-state index contributed by atoms with van der Waals surface area (Å²) in [5.74, 6) is 0. The van der Waals surface area contributed by atoms with E-state index in [1.807, 2.05) is 11.7 Å². The van der Waals surface area contributed by atoms with E-state index in [4.69, 9.17) is 0 Å². The van der Waals surface area contributed by atoms with Crippen molar-refractivity contribution in [1.82, 2.24) is 20.0 Å². The Morgan fingerprint density at radius 2 is 2.28 bits per heavy atom. The van der Waals surface area contributed by atoms with Crippen molar-refractivity contribution in [2.24, 2.45) is 7.05 Å². The molecule has 102 valence electrons. The highest BCUT2D eigenvalue weighted by Gasteiger charge is 2.27. The van der Waals surface area contributed by atoms with Crippen LogP contribution >= 0.6 is 0 Å². The maximum Gasteiger partial charge on any atom is 0.0597 e. The second-order valence-corrected chi connectivity index (χ2v) is 5.51. The van der Waals surface area contributed by atoms with Gasteiger partial charge in [-0.05, 0) is 46.3 Å². The van der Waals surface area contributed by atoms with Crippen LogP contribution in [0.15, 0.2) is 6.07 Å². The van der Waals surface area contributed by atoms with E-state index in [0.29, 0.717) is 12.1 Å². The highest BCUT2D eigenvalue weighted by molar-refractivity contribution is 5.09. The standard InChI is InChI=1S/C14H26N4/c1-11-9-13(17(4)16-11)10-18-8-6-5-7-14(18)12(2)15-3/h9,12,14-15H,5-8,10H2,1-4H3. The van der Waals surface area contributed by atoms with Crippen LogP contribution in [0.25, 0.3) is 0 Å². The van der Waals surface area contributed by atoms with Gasteiger partial charge in [-0.2, -0.15) is 5.10 Å². The molecule has 0 aliphatic carbocycles. The monoisotopic (exact) mass is 250 g/mol. The van der Waals surface area contributed by atoms with Gasteiger partial charge in [-0.25, -0.2) is 0 Å². The van der Waals surface area contributed by atoms with Gasteiger partial charge in [-0.1, -0.05) is 6.42 Å². The first-order valence-corrected chi connectivity index (χ1v) is 7.02. The van der Waals surface area contributed by atoms with Crippen molar-refractivity contribution in [3.63, 3.8) is 0 Å². The van der Waals surface area contributed by atoms with E-state index in [0.717, 1.165) is 12.2 Å². The first-order chi connectivity index (χ1) is 8.61. The van der Waals surface area contributed by atoms with Crippen LogP contribution < -0.4 is 5.32 Å². The van der Waals surface area contributed by atoms with E-state index in [1.54, 1.807) is 0 Å². The van der Waals surface area contributed by atoms with Gasteiger partial charge < -0.3 is 5.32 Å². The van der Waals surface area contributed by atoms with Crippen LogP contribution in [0.1, 0.15) is 37.6 Å². The zero-order chi connectivity index (χ0) is 13.1. The van der Waals surface area contributed by atoms with Gasteiger partial charge >= 0.3 is 0 Å². The summed E-state index contributed by atoms with van der Waals surface area (Å²) >= 11 is 0. The highest BCUT2D eigenvalue weighted by Crippen LogP contribution is 2.22. The third-order valence-electron chi connectivity index (χ3n) is 4.16. The lowest BCUT2D eigenvalue weighted by Gasteiger charge is -2.39. The van der Waals surface area contributed by atoms with Crippen molar-refractivity contribution >= 4 is 0 Å². The normalized spacial score (nSPS) is 23.2. The maximum atomic E-state index is 4.44. The fraction of sp³-hybridized carbons (Fsp3) is 0.786. The van der Waals surface area contributed by atoms with Gasteiger partial charge in [0, 0.05) is 25.7 Å². The van der Waals surface area contributed by atoms with Crippen LogP contribution in [-0.4, -0.2) is 40.4 Å². The lowest BCUT2D eigenvalue weighted by Crippen LogP contribution is -2.49. The van der Waals surface area contributed by atoms with Gasteiger partial charge in [-0.3, -0.25) is 9.58 Å². The first-order valence-electron chi connectivity index (χ1n) is 7.02. The zero-order valence-electron chi connectivity index (χ0n) is 12.1. The summed E-state index contributed by atoms with van der Waals surface area (Å²) in [5.41, 5.74) is 2.44. The van der Waals surface area contributed by atoms with E-state index >= 15 is 0 Å². The van der Waals surface area contributed by atoms with E-state index < -0.39 is 0 Å². The van der Waals surface area contributed by atoms with Gasteiger partial charge in [0.15, 0.2) is 0 Å². The summed E-state index contributed by atoms with van der Waals surface area (Å²) in [6.45, 7) is 6.58. The molecule has 1 saturated heterocycles. The van der Waals surface area contributed by atoms with Gasteiger partial charge in [0.2, 0.25) is 0 Å². The lowest BCUT2D eigenvalue weighted by atomic mass is 9.96. The summed E-state index contributed by atoms with van der Waals surface area (Å²) in [5, 5.41) is 7.85. The highest BCUT2D eigenvalue weighted by atomic mass is 15.3. The molecule has 1 aromatic rings. The van der Waals surface area contributed by atoms with Crippen molar-refractivity contribution in [2.75, 3.05) is 13.6 Å². The molecular weight excluding hydrogens is 224 g/mol. The Labute approximate surface area is 110 Å². The number of likely N-dealkylation sites (tertiary alicyclic amines) is 1. The van der Waals surface area contributed by atoms with Gasteiger partial charge in [-0.15, -0.1) is 0 Å². The third-order valence-corrected chi connectivity index (χ3v) is 4.16. The van der Waals surface area contributed by atoms with Crippen LogP contribution in [0, 0.1) is 6.92 Å².